The molecule has 1 atom stereocenters. The fraction of sp³-hybridized carbons (Fsp3) is 0.500. The fourth-order valence-corrected chi connectivity index (χ4v) is 2.75. The smallest absolute Gasteiger partial charge is 0.240 e. The van der Waals surface area contributed by atoms with Gasteiger partial charge >= 0.3 is 0 Å². The molecular weight excluding hydrogens is 236 g/mol. The average Bonchev–Trinajstić information content (AvgIpc) is 2.28. The Morgan fingerprint density at radius 1 is 1.29 bits per heavy atom. The minimum absolute atomic E-state index is 0.0958. The van der Waals surface area contributed by atoms with Crippen LogP contribution in [0.4, 0.5) is 0 Å². The molecule has 0 bridgehead atoms. The number of sulfonamides is 1. The molecule has 0 radical (unpaired) electrons. The second kappa shape index (κ2) is 5.62. The van der Waals surface area contributed by atoms with E-state index in [-0.39, 0.29) is 16.9 Å². The van der Waals surface area contributed by atoms with Crippen molar-refractivity contribution in [2.75, 3.05) is 0 Å². The van der Waals surface area contributed by atoms with Gasteiger partial charge < -0.3 is 5.73 Å². The number of hydrogen-bond acceptors (Lipinski definition) is 3. The molecule has 1 aromatic carbocycles. The molecule has 0 amide bonds. The Balaban J connectivity index is 2.97. The Hall–Kier alpha value is -0.910. The molecule has 1 aromatic rings. The molecule has 1 unspecified atom stereocenters. The van der Waals surface area contributed by atoms with E-state index in [1.165, 1.54) is 0 Å². The second-order valence-corrected chi connectivity index (χ2v) is 6.22. The quantitative estimate of drug-likeness (QED) is 0.838. The molecule has 1 rings (SSSR count). The third kappa shape index (κ3) is 3.80. The number of hydrogen-bond donors (Lipinski definition) is 2. The fourth-order valence-electron chi connectivity index (χ4n) is 1.29. The van der Waals surface area contributed by atoms with Crippen LogP contribution in [0.2, 0.25) is 0 Å². The van der Waals surface area contributed by atoms with Crippen LogP contribution < -0.4 is 10.5 Å². The minimum atomic E-state index is -3.44. The van der Waals surface area contributed by atoms with Gasteiger partial charge in [-0.25, -0.2) is 13.1 Å². The first-order valence-corrected chi connectivity index (χ1v) is 7.16. The van der Waals surface area contributed by atoms with Gasteiger partial charge in [0.2, 0.25) is 10.0 Å². The first kappa shape index (κ1) is 14.2. The molecule has 17 heavy (non-hydrogen) atoms. The van der Waals surface area contributed by atoms with E-state index < -0.39 is 10.0 Å². The zero-order valence-electron chi connectivity index (χ0n) is 10.5. The van der Waals surface area contributed by atoms with Crippen LogP contribution in [0, 0.1) is 5.92 Å². The molecule has 4 nitrogen and oxygen atoms in total. The first-order valence-electron chi connectivity index (χ1n) is 5.68. The van der Waals surface area contributed by atoms with Gasteiger partial charge in [-0.1, -0.05) is 26.0 Å². The van der Waals surface area contributed by atoms with Crippen molar-refractivity contribution >= 4 is 10.0 Å². The Bertz CT molecular complexity index is 469. The maximum atomic E-state index is 12.1. The highest BCUT2D eigenvalue weighted by atomic mass is 32.2. The first-order chi connectivity index (χ1) is 7.86. The summed E-state index contributed by atoms with van der Waals surface area (Å²) in [6, 6.07) is 6.60. The van der Waals surface area contributed by atoms with Crippen LogP contribution in [0.15, 0.2) is 29.2 Å². The monoisotopic (exact) mass is 256 g/mol. The highest BCUT2D eigenvalue weighted by Crippen LogP contribution is 2.13. The van der Waals surface area contributed by atoms with Gasteiger partial charge in [-0.05, 0) is 30.5 Å². The Morgan fingerprint density at radius 2 is 1.94 bits per heavy atom. The van der Waals surface area contributed by atoms with E-state index in [1.54, 1.807) is 18.2 Å². The van der Waals surface area contributed by atoms with E-state index in [0.29, 0.717) is 6.54 Å². The topological polar surface area (TPSA) is 72.2 Å². The van der Waals surface area contributed by atoms with Crippen molar-refractivity contribution in [3.63, 3.8) is 0 Å². The molecular formula is C12H20N2O2S. The summed E-state index contributed by atoms with van der Waals surface area (Å²) in [6.07, 6.45) is 0. The van der Waals surface area contributed by atoms with Crippen LogP contribution in [0.3, 0.4) is 0 Å². The maximum absolute atomic E-state index is 12.1. The highest BCUT2D eigenvalue weighted by Gasteiger charge is 2.19. The molecule has 0 heterocycles. The predicted molar refractivity (Wildman–Crippen MR) is 69.0 cm³/mol. The van der Waals surface area contributed by atoms with Crippen LogP contribution in [0.5, 0.6) is 0 Å². The average molecular weight is 256 g/mol. The van der Waals surface area contributed by atoms with Crippen molar-refractivity contribution < 1.29 is 8.42 Å². The molecule has 96 valence electrons. The lowest BCUT2D eigenvalue weighted by molar-refractivity contribution is 0.476. The van der Waals surface area contributed by atoms with Crippen molar-refractivity contribution in [3.05, 3.63) is 29.8 Å². The van der Waals surface area contributed by atoms with Crippen LogP contribution in [-0.4, -0.2) is 14.5 Å². The molecule has 0 spiro atoms. The lowest BCUT2D eigenvalue weighted by Gasteiger charge is -2.17. The summed E-state index contributed by atoms with van der Waals surface area (Å²) >= 11 is 0. The van der Waals surface area contributed by atoms with E-state index in [0.717, 1.165) is 5.56 Å². The molecule has 3 N–H and O–H groups in total. The van der Waals surface area contributed by atoms with Gasteiger partial charge in [0.05, 0.1) is 4.90 Å². The van der Waals surface area contributed by atoms with Crippen molar-refractivity contribution in [3.8, 4) is 0 Å². The van der Waals surface area contributed by atoms with E-state index in [4.69, 9.17) is 5.73 Å². The van der Waals surface area contributed by atoms with Crippen molar-refractivity contribution in [2.45, 2.75) is 38.3 Å². The summed E-state index contributed by atoms with van der Waals surface area (Å²) in [5.74, 6) is 0.252. The standard InChI is InChI=1S/C12H20N2O2S/c1-9(2)10(3)14-17(15,16)12-6-4-5-11(7-12)8-13/h4-7,9-10,14H,8,13H2,1-3H3. The Kier molecular flexibility index (Phi) is 4.68. The Morgan fingerprint density at radius 3 is 2.47 bits per heavy atom. The molecule has 0 saturated heterocycles. The van der Waals surface area contributed by atoms with Crippen molar-refractivity contribution in [1.82, 2.24) is 4.72 Å². The number of benzene rings is 1. The molecule has 5 heteroatoms. The SMILES string of the molecule is CC(C)C(C)NS(=O)(=O)c1cccc(CN)c1. The summed E-state index contributed by atoms with van der Waals surface area (Å²) in [7, 11) is -3.44. The van der Waals surface area contributed by atoms with E-state index in [1.807, 2.05) is 26.8 Å². The third-order valence-electron chi connectivity index (χ3n) is 2.79. The minimum Gasteiger partial charge on any atom is -0.326 e. The van der Waals surface area contributed by atoms with Gasteiger partial charge in [0.15, 0.2) is 0 Å². The van der Waals surface area contributed by atoms with Gasteiger partial charge in [0, 0.05) is 12.6 Å². The van der Waals surface area contributed by atoms with Gasteiger partial charge in [-0.2, -0.15) is 0 Å². The zero-order valence-corrected chi connectivity index (χ0v) is 11.3. The molecule has 0 fully saturated rings. The summed E-state index contributed by atoms with van der Waals surface area (Å²) < 4.78 is 26.8. The molecule has 0 aliphatic heterocycles. The van der Waals surface area contributed by atoms with Crippen molar-refractivity contribution in [1.29, 1.82) is 0 Å². The zero-order chi connectivity index (χ0) is 13.1. The normalized spacial score (nSPS) is 13.9. The van der Waals surface area contributed by atoms with Gasteiger partial charge in [-0.3, -0.25) is 0 Å². The number of rotatable bonds is 5. The van der Waals surface area contributed by atoms with E-state index in [2.05, 4.69) is 4.72 Å². The highest BCUT2D eigenvalue weighted by molar-refractivity contribution is 7.89. The predicted octanol–water partition coefficient (Wildman–Crippen LogP) is 1.47. The molecule has 0 aliphatic carbocycles. The molecule has 0 saturated carbocycles. The third-order valence-corrected chi connectivity index (χ3v) is 4.34. The second-order valence-electron chi connectivity index (χ2n) is 4.51. The van der Waals surface area contributed by atoms with Gasteiger partial charge in [0.1, 0.15) is 0 Å². The van der Waals surface area contributed by atoms with Crippen LogP contribution >= 0.6 is 0 Å². The number of nitrogens with two attached hydrogens (primary N) is 1. The summed E-state index contributed by atoms with van der Waals surface area (Å²) in [5, 5.41) is 0. The van der Waals surface area contributed by atoms with Crippen LogP contribution in [-0.2, 0) is 16.6 Å². The largest absolute Gasteiger partial charge is 0.326 e. The summed E-state index contributed by atoms with van der Waals surface area (Å²) in [4.78, 5) is 0.271. The lowest BCUT2D eigenvalue weighted by Crippen LogP contribution is -2.36. The molecule has 0 aromatic heterocycles. The number of nitrogens with one attached hydrogen (secondary N) is 1. The maximum Gasteiger partial charge on any atom is 0.240 e. The summed E-state index contributed by atoms with van der Waals surface area (Å²) in [6.45, 7) is 6.14. The van der Waals surface area contributed by atoms with Crippen molar-refractivity contribution in [2.24, 2.45) is 11.7 Å². The van der Waals surface area contributed by atoms with Gasteiger partial charge in [0.25, 0.3) is 0 Å². The Labute approximate surface area is 103 Å². The lowest BCUT2D eigenvalue weighted by atomic mass is 10.1. The van der Waals surface area contributed by atoms with E-state index in [9.17, 15) is 8.42 Å². The van der Waals surface area contributed by atoms with Crippen LogP contribution in [0.1, 0.15) is 26.3 Å². The van der Waals surface area contributed by atoms with Gasteiger partial charge in [-0.15, -0.1) is 0 Å². The molecule has 0 aliphatic rings. The van der Waals surface area contributed by atoms with Crippen LogP contribution in [0.25, 0.3) is 0 Å². The van der Waals surface area contributed by atoms with E-state index >= 15 is 0 Å². The summed E-state index contributed by atoms with van der Waals surface area (Å²) in [5.41, 5.74) is 6.31.